The van der Waals surface area contributed by atoms with Crippen LogP contribution in [-0.2, 0) is 0 Å². The first-order valence-corrected chi connectivity index (χ1v) is 22.5. The van der Waals surface area contributed by atoms with E-state index in [1.165, 1.54) is 106 Å². The van der Waals surface area contributed by atoms with Crippen molar-refractivity contribution in [2.45, 2.75) is 52.4 Å². The summed E-state index contributed by atoms with van der Waals surface area (Å²) in [5.74, 6) is 1.12. The number of aromatic nitrogens is 2. The molecular formula is C59H48N2. The fourth-order valence-electron chi connectivity index (χ4n) is 12.0. The molecule has 0 bridgehead atoms. The predicted octanol–water partition coefficient (Wildman–Crippen LogP) is 15.7. The number of benzene rings is 6. The lowest BCUT2D eigenvalue weighted by molar-refractivity contribution is 0.340. The number of nitrogens with zero attached hydrogens (tertiary/aromatic N) is 2. The summed E-state index contributed by atoms with van der Waals surface area (Å²) in [4.78, 5) is 0. The molecule has 0 spiro atoms. The van der Waals surface area contributed by atoms with Crippen LogP contribution in [0, 0.1) is 17.3 Å². The van der Waals surface area contributed by atoms with Gasteiger partial charge in [0.1, 0.15) is 0 Å². The summed E-state index contributed by atoms with van der Waals surface area (Å²) >= 11 is 0. The van der Waals surface area contributed by atoms with Crippen LogP contribution in [0.25, 0.3) is 76.9 Å². The standard InChI is InChI=1S/C59H48N2/c1-59(2)53-35-43(41-23-29-57-51(33-41)49-15-7-9-17-55(49)60(57)45-25-19-37-11-3-5-13-39(37)31-45)21-27-47(53)48-28-22-44(36-54(48)59)42-24-30-58-52(34-42)50-16-8-10-18-56(50)61(58)46-26-20-38-12-4-6-14-40(38)32-46/h3,5-11,13-19,21,23-27,29-34,36,38,53H,4,12,20,22,28,35H2,1-2H3/t38?,53-/m0/s1. The van der Waals surface area contributed by atoms with Gasteiger partial charge in [-0.05, 0) is 166 Å². The van der Waals surface area contributed by atoms with E-state index in [4.69, 9.17) is 0 Å². The second-order valence-electron chi connectivity index (χ2n) is 18.7. The highest BCUT2D eigenvalue weighted by molar-refractivity contribution is 6.12. The maximum absolute atomic E-state index is 2.59. The molecule has 0 aliphatic heterocycles. The van der Waals surface area contributed by atoms with Gasteiger partial charge >= 0.3 is 0 Å². The molecule has 0 radical (unpaired) electrons. The topological polar surface area (TPSA) is 9.86 Å². The van der Waals surface area contributed by atoms with Crippen LogP contribution < -0.4 is 0 Å². The summed E-state index contributed by atoms with van der Waals surface area (Å²) in [6.45, 7) is 5.01. The van der Waals surface area contributed by atoms with Crippen molar-refractivity contribution in [2.75, 3.05) is 0 Å². The smallest absolute Gasteiger partial charge is 0.0541 e. The third-order valence-electron chi connectivity index (χ3n) is 15.2. The van der Waals surface area contributed by atoms with Gasteiger partial charge in [0.05, 0.1) is 22.1 Å². The SMILES string of the molecule is CC1(C)C2=C(CCC(c3ccc4c(c3)c3ccccc3n4C3=CCC4CCC=CC4=C3)=C2)C2=CC=C(c3ccc4c(c3)c3ccccc3n4-c3ccc4ccccc4c3)C[C@@H]21. The highest BCUT2D eigenvalue weighted by Crippen LogP contribution is 2.59. The third kappa shape index (κ3) is 5.27. The molecular weight excluding hydrogens is 737 g/mol. The molecule has 5 aliphatic carbocycles. The minimum atomic E-state index is 0.0368. The highest BCUT2D eigenvalue weighted by Gasteiger charge is 2.45. The van der Waals surface area contributed by atoms with Gasteiger partial charge in [0.25, 0.3) is 0 Å². The van der Waals surface area contributed by atoms with Crippen molar-refractivity contribution in [1.29, 1.82) is 0 Å². The van der Waals surface area contributed by atoms with Crippen LogP contribution >= 0.6 is 0 Å². The fraction of sp³-hybridized carbons (Fsp3) is 0.186. The molecule has 0 saturated heterocycles. The molecule has 0 saturated carbocycles. The molecule has 2 aromatic heterocycles. The molecule has 0 N–H and O–H groups in total. The van der Waals surface area contributed by atoms with Crippen molar-refractivity contribution in [3.63, 3.8) is 0 Å². The van der Waals surface area contributed by atoms with E-state index >= 15 is 0 Å². The lowest BCUT2D eigenvalue weighted by Gasteiger charge is -2.33. The Morgan fingerprint density at radius 2 is 1.28 bits per heavy atom. The van der Waals surface area contributed by atoms with E-state index < -0.39 is 0 Å². The second kappa shape index (κ2) is 13.2. The first-order valence-electron chi connectivity index (χ1n) is 22.5. The first-order chi connectivity index (χ1) is 30.0. The molecule has 6 aromatic carbocycles. The van der Waals surface area contributed by atoms with E-state index in [0.717, 1.165) is 25.7 Å². The Kier molecular flexibility index (Phi) is 7.59. The lowest BCUT2D eigenvalue weighted by atomic mass is 9.70. The Bertz CT molecular complexity index is 3450. The number of allylic oxidation sites excluding steroid dienone is 14. The van der Waals surface area contributed by atoms with Crippen molar-refractivity contribution in [3.8, 4) is 5.69 Å². The highest BCUT2D eigenvalue weighted by atomic mass is 15.0. The Labute approximate surface area is 357 Å². The molecule has 294 valence electrons. The van der Waals surface area contributed by atoms with E-state index in [0.29, 0.717) is 11.8 Å². The quantitative estimate of drug-likeness (QED) is 0.168. The van der Waals surface area contributed by atoms with Gasteiger partial charge < -0.3 is 9.13 Å². The van der Waals surface area contributed by atoms with Crippen LogP contribution in [0.2, 0.25) is 0 Å². The zero-order valence-corrected chi connectivity index (χ0v) is 35.0. The Morgan fingerprint density at radius 1 is 0.590 bits per heavy atom. The molecule has 2 heterocycles. The number of hydrogen-bond donors (Lipinski definition) is 0. The van der Waals surface area contributed by atoms with Crippen LogP contribution in [0.3, 0.4) is 0 Å². The molecule has 61 heavy (non-hydrogen) atoms. The second-order valence-corrected chi connectivity index (χ2v) is 18.7. The molecule has 5 aliphatic rings. The van der Waals surface area contributed by atoms with Gasteiger partial charge in [0.15, 0.2) is 0 Å². The van der Waals surface area contributed by atoms with Gasteiger partial charge in [-0.15, -0.1) is 0 Å². The molecule has 2 nitrogen and oxygen atoms in total. The van der Waals surface area contributed by atoms with E-state index in [1.807, 2.05) is 0 Å². The summed E-state index contributed by atoms with van der Waals surface area (Å²) < 4.78 is 4.96. The summed E-state index contributed by atoms with van der Waals surface area (Å²) in [5.41, 5.74) is 19.5. The fourth-order valence-corrected chi connectivity index (χ4v) is 12.0. The van der Waals surface area contributed by atoms with Crippen molar-refractivity contribution in [2.24, 2.45) is 17.3 Å². The van der Waals surface area contributed by atoms with Gasteiger partial charge in [0, 0.05) is 32.9 Å². The largest absolute Gasteiger partial charge is 0.310 e. The monoisotopic (exact) mass is 784 g/mol. The van der Waals surface area contributed by atoms with Gasteiger partial charge in [-0.1, -0.05) is 129 Å². The first kappa shape index (κ1) is 35.1. The average molecular weight is 785 g/mol. The maximum Gasteiger partial charge on any atom is 0.0541 e. The molecule has 8 aromatic rings. The Hall–Kier alpha value is -6.64. The van der Waals surface area contributed by atoms with E-state index in [2.05, 4.69) is 193 Å². The van der Waals surface area contributed by atoms with Gasteiger partial charge in [0.2, 0.25) is 0 Å². The molecule has 13 rings (SSSR count). The summed E-state index contributed by atoms with van der Waals surface area (Å²) in [6.07, 6.45) is 24.0. The maximum atomic E-state index is 2.59. The zero-order chi connectivity index (χ0) is 40.4. The average Bonchev–Trinajstić information content (AvgIpc) is 3.90. The summed E-state index contributed by atoms with van der Waals surface area (Å²) in [6, 6.07) is 47.9. The molecule has 0 fully saturated rings. The minimum absolute atomic E-state index is 0.0368. The van der Waals surface area contributed by atoms with Gasteiger partial charge in [-0.2, -0.15) is 0 Å². The number of fused-ring (bicyclic) bond motifs is 10. The molecule has 1 unspecified atom stereocenters. The van der Waals surface area contributed by atoms with Gasteiger partial charge in [-0.25, -0.2) is 0 Å². The summed E-state index contributed by atoms with van der Waals surface area (Å²) in [7, 11) is 0. The van der Waals surface area contributed by atoms with Crippen molar-refractivity contribution in [1.82, 2.24) is 9.13 Å². The number of para-hydroxylation sites is 2. The number of hydrogen-bond acceptors (Lipinski definition) is 0. The van der Waals surface area contributed by atoms with Crippen molar-refractivity contribution in [3.05, 3.63) is 203 Å². The number of rotatable bonds is 4. The minimum Gasteiger partial charge on any atom is -0.310 e. The predicted molar refractivity (Wildman–Crippen MR) is 259 cm³/mol. The lowest BCUT2D eigenvalue weighted by Crippen LogP contribution is -2.23. The van der Waals surface area contributed by atoms with Gasteiger partial charge in [-0.3, -0.25) is 0 Å². The Morgan fingerprint density at radius 3 is 2.08 bits per heavy atom. The van der Waals surface area contributed by atoms with Crippen molar-refractivity contribution >= 4 is 71.2 Å². The molecule has 2 atom stereocenters. The Balaban J connectivity index is 0.847. The zero-order valence-electron chi connectivity index (χ0n) is 35.0. The van der Waals surface area contributed by atoms with E-state index in [-0.39, 0.29) is 5.41 Å². The summed E-state index contributed by atoms with van der Waals surface area (Å²) in [5, 5.41) is 7.84. The van der Waals surface area contributed by atoms with Crippen LogP contribution in [0.5, 0.6) is 0 Å². The van der Waals surface area contributed by atoms with Crippen molar-refractivity contribution < 1.29 is 0 Å². The van der Waals surface area contributed by atoms with E-state index in [9.17, 15) is 0 Å². The van der Waals surface area contributed by atoms with Crippen LogP contribution in [0.4, 0.5) is 0 Å². The van der Waals surface area contributed by atoms with Crippen LogP contribution in [-0.4, -0.2) is 9.13 Å². The van der Waals surface area contributed by atoms with E-state index in [1.54, 1.807) is 16.7 Å². The molecule has 0 amide bonds. The molecule has 2 heteroatoms. The van der Waals surface area contributed by atoms with Crippen LogP contribution in [0.1, 0.15) is 63.5 Å². The normalized spacial score (nSPS) is 20.7. The van der Waals surface area contributed by atoms with Crippen LogP contribution in [0.15, 0.2) is 192 Å². The third-order valence-corrected chi connectivity index (χ3v) is 15.2.